The monoisotopic (exact) mass is 456 g/mol. The number of rotatable bonds is 4. The van der Waals surface area contributed by atoms with Crippen LogP contribution in [0.4, 0.5) is 5.69 Å². The van der Waals surface area contributed by atoms with Gasteiger partial charge in [-0.2, -0.15) is 4.98 Å². The molecule has 0 unspecified atom stereocenters. The van der Waals surface area contributed by atoms with Gasteiger partial charge in [-0.25, -0.2) is 0 Å². The quantitative estimate of drug-likeness (QED) is 0.418. The van der Waals surface area contributed by atoms with Crippen molar-refractivity contribution < 1.29 is 4.52 Å². The summed E-state index contributed by atoms with van der Waals surface area (Å²) in [5, 5.41) is 10.6. The van der Waals surface area contributed by atoms with Gasteiger partial charge in [0.15, 0.2) is 11.8 Å². The number of aromatic nitrogens is 2. The number of benzene rings is 1. The van der Waals surface area contributed by atoms with E-state index >= 15 is 0 Å². The van der Waals surface area contributed by atoms with E-state index < -0.39 is 0 Å². The molecule has 1 aromatic heterocycles. The van der Waals surface area contributed by atoms with Crippen LogP contribution in [-0.2, 0) is 6.54 Å². The number of hydrogen-bond donors (Lipinski definition) is 2. The van der Waals surface area contributed by atoms with Crippen molar-refractivity contribution in [2.75, 3.05) is 25.0 Å². The van der Waals surface area contributed by atoms with Crippen molar-refractivity contribution in [3.8, 4) is 0 Å². The summed E-state index contributed by atoms with van der Waals surface area (Å²) in [6.07, 6.45) is 2.16. The third-order valence-electron chi connectivity index (χ3n) is 4.16. The zero-order valence-electron chi connectivity index (χ0n) is 14.6. The van der Waals surface area contributed by atoms with Crippen LogP contribution in [0.2, 0.25) is 0 Å². The number of anilines is 1. The Morgan fingerprint density at radius 3 is 2.60 bits per heavy atom. The van der Waals surface area contributed by atoms with Crippen LogP contribution >= 0.6 is 24.0 Å². The summed E-state index contributed by atoms with van der Waals surface area (Å²) in [6, 6.07) is 11.0. The molecule has 1 saturated heterocycles. The molecule has 0 atom stereocenters. The number of aliphatic imine (C=N–C) groups is 1. The Kier molecular flexibility index (Phi) is 7.48. The summed E-state index contributed by atoms with van der Waals surface area (Å²) in [4.78, 5) is 10.9. The number of hydrogen-bond acceptors (Lipinski definition) is 5. The van der Waals surface area contributed by atoms with Crippen molar-refractivity contribution in [2.45, 2.75) is 32.4 Å². The van der Waals surface area contributed by atoms with E-state index in [0.29, 0.717) is 24.3 Å². The van der Waals surface area contributed by atoms with Gasteiger partial charge >= 0.3 is 0 Å². The van der Waals surface area contributed by atoms with Crippen molar-refractivity contribution in [3.63, 3.8) is 0 Å². The summed E-state index contributed by atoms with van der Waals surface area (Å²) >= 11 is 0. The molecule has 136 valence electrons. The average Bonchev–Trinajstić information content (AvgIpc) is 3.05. The van der Waals surface area contributed by atoms with Crippen LogP contribution in [0.1, 0.15) is 24.6 Å². The fourth-order valence-corrected chi connectivity index (χ4v) is 2.88. The number of nitrogens with zero attached hydrogens (tertiary/aromatic N) is 4. The Bertz CT molecular complexity index is 667. The molecule has 0 amide bonds. The van der Waals surface area contributed by atoms with Gasteiger partial charge in [0.25, 0.3) is 0 Å². The first kappa shape index (κ1) is 19.5. The second-order valence-electron chi connectivity index (χ2n) is 5.90. The zero-order chi connectivity index (χ0) is 16.8. The molecule has 2 N–H and O–H groups in total. The molecule has 2 heterocycles. The second kappa shape index (κ2) is 9.59. The van der Waals surface area contributed by atoms with Crippen LogP contribution < -0.4 is 15.5 Å². The Balaban J connectivity index is 0.00000225. The van der Waals surface area contributed by atoms with Gasteiger partial charge in [-0.15, -0.1) is 24.0 Å². The molecule has 1 fully saturated rings. The molecule has 0 aliphatic carbocycles. The average molecular weight is 456 g/mol. The Morgan fingerprint density at radius 2 is 2.00 bits per heavy atom. The smallest absolute Gasteiger partial charge is 0.223 e. The van der Waals surface area contributed by atoms with E-state index in [-0.39, 0.29) is 24.0 Å². The first-order valence-corrected chi connectivity index (χ1v) is 8.31. The largest absolute Gasteiger partial charge is 0.371 e. The highest BCUT2D eigenvalue weighted by Gasteiger charge is 2.20. The molecule has 0 saturated carbocycles. The Morgan fingerprint density at radius 1 is 1.28 bits per heavy atom. The highest BCUT2D eigenvalue weighted by molar-refractivity contribution is 14.0. The molecule has 0 spiro atoms. The van der Waals surface area contributed by atoms with Gasteiger partial charge < -0.3 is 20.1 Å². The molecule has 8 heteroatoms. The second-order valence-corrected chi connectivity index (χ2v) is 5.90. The summed E-state index contributed by atoms with van der Waals surface area (Å²) in [5.41, 5.74) is 1.30. The number of nitrogens with one attached hydrogen (secondary N) is 2. The Hall–Kier alpha value is -1.84. The van der Waals surface area contributed by atoms with Crippen molar-refractivity contribution >= 4 is 35.6 Å². The first-order valence-electron chi connectivity index (χ1n) is 8.31. The number of halogens is 1. The van der Waals surface area contributed by atoms with Crippen LogP contribution in [-0.4, -0.2) is 42.3 Å². The number of piperidine rings is 1. The fraction of sp³-hybridized carbons (Fsp3) is 0.471. The lowest BCUT2D eigenvalue weighted by Crippen LogP contribution is -2.48. The van der Waals surface area contributed by atoms with Crippen LogP contribution in [0.3, 0.4) is 0 Å². The van der Waals surface area contributed by atoms with Gasteiger partial charge in [-0.05, 0) is 25.0 Å². The predicted molar refractivity (Wildman–Crippen MR) is 109 cm³/mol. The van der Waals surface area contributed by atoms with Gasteiger partial charge in [0.1, 0.15) is 0 Å². The van der Waals surface area contributed by atoms with Crippen molar-refractivity contribution in [2.24, 2.45) is 4.99 Å². The normalized spacial score (nSPS) is 15.6. The van der Waals surface area contributed by atoms with E-state index in [1.54, 1.807) is 14.0 Å². The van der Waals surface area contributed by atoms with E-state index in [1.165, 1.54) is 5.69 Å². The molecular formula is C17H25IN6O. The minimum Gasteiger partial charge on any atom is -0.371 e. The Labute approximate surface area is 165 Å². The summed E-state index contributed by atoms with van der Waals surface area (Å²) < 4.78 is 4.97. The van der Waals surface area contributed by atoms with Gasteiger partial charge in [0.2, 0.25) is 5.89 Å². The SMILES string of the molecule is CN=C(NCc1noc(C)n1)NC1CCN(c2ccccc2)CC1.I. The predicted octanol–water partition coefficient (Wildman–Crippen LogP) is 2.33. The molecule has 7 nitrogen and oxygen atoms in total. The third kappa shape index (κ3) is 5.58. The van der Waals surface area contributed by atoms with Gasteiger partial charge in [0, 0.05) is 38.8 Å². The van der Waals surface area contributed by atoms with Crippen molar-refractivity contribution in [1.29, 1.82) is 0 Å². The maximum atomic E-state index is 4.97. The van der Waals surface area contributed by atoms with Gasteiger partial charge in [-0.1, -0.05) is 23.4 Å². The van der Waals surface area contributed by atoms with E-state index in [4.69, 9.17) is 4.52 Å². The third-order valence-corrected chi connectivity index (χ3v) is 4.16. The number of para-hydroxylation sites is 1. The maximum Gasteiger partial charge on any atom is 0.223 e. The highest BCUT2D eigenvalue weighted by Crippen LogP contribution is 2.19. The molecule has 2 aromatic rings. The molecular weight excluding hydrogens is 431 g/mol. The van der Waals surface area contributed by atoms with E-state index in [1.807, 2.05) is 0 Å². The topological polar surface area (TPSA) is 78.6 Å². The lowest BCUT2D eigenvalue weighted by Gasteiger charge is -2.34. The van der Waals surface area contributed by atoms with Crippen molar-refractivity contribution in [3.05, 3.63) is 42.0 Å². The van der Waals surface area contributed by atoms with E-state index in [9.17, 15) is 0 Å². The minimum atomic E-state index is 0. The molecule has 0 bridgehead atoms. The lowest BCUT2D eigenvalue weighted by atomic mass is 10.0. The lowest BCUT2D eigenvalue weighted by molar-refractivity contribution is 0.386. The van der Waals surface area contributed by atoms with Crippen LogP contribution in [0.5, 0.6) is 0 Å². The van der Waals surface area contributed by atoms with Crippen molar-refractivity contribution in [1.82, 2.24) is 20.8 Å². The van der Waals surface area contributed by atoms with E-state index in [0.717, 1.165) is 31.9 Å². The highest BCUT2D eigenvalue weighted by atomic mass is 127. The maximum absolute atomic E-state index is 4.97. The molecule has 3 rings (SSSR count). The van der Waals surface area contributed by atoms with Gasteiger partial charge in [0.05, 0.1) is 6.54 Å². The van der Waals surface area contributed by atoms with Crippen LogP contribution in [0.15, 0.2) is 39.8 Å². The summed E-state index contributed by atoms with van der Waals surface area (Å²) in [7, 11) is 1.77. The molecule has 0 radical (unpaired) electrons. The first-order chi connectivity index (χ1) is 11.7. The molecule has 1 aromatic carbocycles. The van der Waals surface area contributed by atoms with Crippen LogP contribution in [0, 0.1) is 6.92 Å². The fourth-order valence-electron chi connectivity index (χ4n) is 2.88. The zero-order valence-corrected chi connectivity index (χ0v) is 16.9. The van der Waals surface area contributed by atoms with E-state index in [2.05, 4.69) is 61.0 Å². The van der Waals surface area contributed by atoms with Crippen LogP contribution in [0.25, 0.3) is 0 Å². The number of guanidine groups is 1. The molecule has 1 aliphatic heterocycles. The summed E-state index contributed by atoms with van der Waals surface area (Å²) in [6.45, 7) is 4.37. The standard InChI is InChI=1S/C17H24N6O.HI/c1-13-20-16(22-24-13)12-19-17(18-2)21-14-8-10-23(11-9-14)15-6-4-3-5-7-15;/h3-7,14H,8-12H2,1-2H3,(H2,18,19,21);1H. The minimum absolute atomic E-state index is 0. The molecule has 25 heavy (non-hydrogen) atoms. The summed E-state index contributed by atoms with van der Waals surface area (Å²) in [5.74, 6) is 1.98. The van der Waals surface area contributed by atoms with Gasteiger partial charge in [-0.3, -0.25) is 4.99 Å². The molecule has 1 aliphatic rings. The number of aryl methyl sites for hydroxylation is 1.